The number of para-hydroxylation sites is 2. The molecule has 0 fully saturated rings. The second-order valence-corrected chi connectivity index (χ2v) is 3.58. The van der Waals surface area contributed by atoms with E-state index < -0.39 is 0 Å². The van der Waals surface area contributed by atoms with E-state index in [-0.39, 0.29) is 6.23 Å². The van der Waals surface area contributed by atoms with Gasteiger partial charge in [-0.2, -0.15) is 0 Å². The minimum Gasteiger partial charge on any atom is -0.404 e. The maximum Gasteiger partial charge on any atom is 0.355 e. The van der Waals surface area contributed by atoms with Crippen LogP contribution in [0.4, 0.5) is 0 Å². The van der Waals surface area contributed by atoms with Crippen LogP contribution < -0.4 is 4.57 Å². The Balaban J connectivity index is 2.13. The third kappa shape index (κ3) is 1.23. The summed E-state index contributed by atoms with van der Waals surface area (Å²) < 4.78 is 7.38. The predicted octanol–water partition coefficient (Wildman–Crippen LogP) is 2.18. The molecule has 16 heavy (non-hydrogen) atoms. The lowest BCUT2D eigenvalue weighted by Crippen LogP contribution is -2.38. The van der Waals surface area contributed by atoms with Gasteiger partial charge in [0.2, 0.25) is 5.58 Å². The normalized spacial score (nSPS) is 21.8. The van der Waals surface area contributed by atoms with Gasteiger partial charge in [0, 0.05) is 6.07 Å². The van der Waals surface area contributed by atoms with Gasteiger partial charge in [0.05, 0.1) is 11.8 Å². The molecular weight excluding hydrogens is 204 g/mol. The first-order chi connectivity index (χ1) is 7.90. The van der Waals surface area contributed by atoms with E-state index in [1.807, 2.05) is 41.8 Å². The fourth-order valence-electron chi connectivity index (χ4n) is 1.82. The Labute approximate surface area is 92.4 Å². The van der Waals surface area contributed by atoms with Crippen molar-refractivity contribution in [3.63, 3.8) is 0 Å². The maximum atomic E-state index is 5.45. The molecule has 3 rings (SSSR count). The third-order valence-electron chi connectivity index (χ3n) is 2.67. The summed E-state index contributed by atoms with van der Waals surface area (Å²) in [7, 11) is 0. The van der Waals surface area contributed by atoms with Crippen molar-refractivity contribution in [3.8, 4) is 0 Å². The van der Waals surface area contributed by atoms with Crippen LogP contribution in [-0.2, 0) is 4.84 Å². The highest BCUT2D eigenvalue weighted by Gasteiger charge is 2.32. The zero-order valence-electron chi connectivity index (χ0n) is 8.83. The lowest BCUT2D eigenvalue weighted by Gasteiger charge is -2.01. The molecule has 80 valence electrons. The topological polar surface area (TPSA) is 38.6 Å². The first-order valence-electron chi connectivity index (χ1n) is 5.13. The van der Waals surface area contributed by atoms with Crippen LogP contribution in [0, 0.1) is 0 Å². The van der Waals surface area contributed by atoms with Crippen molar-refractivity contribution in [1.82, 2.24) is 0 Å². The van der Waals surface area contributed by atoms with Crippen molar-refractivity contribution in [2.45, 2.75) is 13.2 Å². The molecule has 1 aromatic carbocycles. The molecule has 2 heterocycles. The Bertz CT molecular complexity index is 583. The fraction of sp³-hybridized carbons (Fsp3) is 0.167. The Morgan fingerprint density at radius 1 is 1.38 bits per heavy atom. The maximum absolute atomic E-state index is 5.45. The van der Waals surface area contributed by atoms with Crippen LogP contribution in [0.15, 0.2) is 51.9 Å². The number of rotatable bonds is 1. The second-order valence-electron chi connectivity index (χ2n) is 3.58. The number of oxime groups is 1. The van der Waals surface area contributed by atoms with Crippen molar-refractivity contribution < 1.29 is 13.8 Å². The van der Waals surface area contributed by atoms with Gasteiger partial charge >= 0.3 is 12.6 Å². The number of oxazole rings is 1. The fourth-order valence-corrected chi connectivity index (χ4v) is 1.82. The summed E-state index contributed by atoms with van der Waals surface area (Å²) in [5.41, 5.74) is 2.86. The molecule has 1 aliphatic rings. The van der Waals surface area contributed by atoms with Crippen LogP contribution in [-0.4, -0.2) is 6.21 Å². The molecular formula is C12H11N2O2+. The van der Waals surface area contributed by atoms with E-state index in [1.165, 1.54) is 0 Å². The van der Waals surface area contributed by atoms with Gasteiger partial charge in [0.15, 0.2) is 0 Å². The average Bonchev–Trinajstić information content (AvgIpc) is 2.94. The van der Waals surface area contributed by atoms with Crippen LogP contribution in [0.3, 0.4) is 0 Å². The number of nitrogens with zero attached hydrogens (tertiary/aromatic N) is 2. The molecule has 1 aliphatic heterocycles. The molecule has 0 N–H and O–H groups in total. The van der Waals surface area contributed by atoms with E-state index >= 15 is 0 Å². The summed E-state index contributed by atoms with van der Waals surface area (Å²) in [4.78, 5) is 5.31. The molecule has 2 aromatic rings. The molecule has 0 saturated heterocycles. The highest BCUT2D eigenvalue weighted by molar-refractivity contribution is 5.79. The molecule has 4 heteroatoms. The van der Waals surface area contributed by atoms with Crippen molar-refractivity contribution in [2.24, 2.45) is 5.16 Å². The smallest absolute Gasteiger partial charge is 0.355 e. The highest BCUT2D eigenvalue weighted by Crippen LogP contribution is 2.21. The van der Waals surface area contributed by atoms with E-state index in [1.54, 1.807) is 12.6 Å². The number of allylic oxidation sites excluding steroid dienone is 1. The zero-order valence-corrected chi connectivity index (χ0v) is 8.83. The quantitative estimate of drug-likeness (QED) is 0.684. The average molecular weight is 215 g/mol. The van der Waals surface area contributed by atoms with Gasteiger partial charge in [0.1, 0.15) is 0 Å². The molecule has 0 radical (unpaired) electrons. The number of fused-ring (bicyclic) bond motifs is 1. The van der Waals surface area contributed by atoms with Crippen LogP contribution in [0.2, 0.25) is 0 Å². The van der Waals surface area contributed by atoms with E-state index in [9.17, 15) is 0 Å². The summed E-state index contributed by atoms with van der Waals surface area (Å²) in [6, 6.07) is 7.84. The summed E-state index contributed by atoms with van der Waals surface area (Å²) in [5.74, 6) is 0. The Morgan fingerprint density at radius 2 is 2.25 bits per heavy atom. The molecule has 0 saturated carbocycles. The first kappa shape index (κ1) is 9.15. The predicted molar refractivity (Wildman–Crippen MR) is 58.8 cm³/mol. The summed E-state index contributed by atoms with van der Waals surface area (Å²) in [5, 5.41) is 3.82. The molecule has 4 nitrogen and oxygen atoms in total. The molecule has 1 atom stereocenters. The lowest BCUT2D eigenvalue weighted by molar-refractivity contribution is -0.731. The SMILES string of the molecule is CC=C1C=NOC1[n+]1coc2ccccc21. The van der Waals surface area contributed by atoms with Crippen LogP contribution in [0.5, 0.6) is 0 Å². The molecule has 0 aliphatic carbocycles. The van der Waals surface area contributed by atoms with E-state index in [0.717, 1.165) is 16.7 Å². The molecule has 1 aromatic heterocycles. The summed E-state index contributed by atoms with van der Waals surface area (Å²) in [6.07, 6.45) is 5.15. The first-order valence-corrected chi connectivity index (χ1v) is 5.13. The number of aromatic nitrogens is 1. The van der Waals surface area contributed by atoms with Gasteiger partial charge in [-0.3, -0.25) is 0 Å². The van der Waals surface area contributed by atoms with E-state index in [2.05, 4.69) is 5.16 Å². The van der Waals surface area contributed by atoms with Crippen LogP contribution in [0.1, 0.15) is 13.2 Å². The second kappa shape index (κ2) is 3.48. The van der Waals surface area contributed by atoms with Crippen molar-refractivity contribution in [3.05, 3.63) is 42.3 Å². The zero-order chi connectivity index (χ0) is 11.0. The Hall–Kier alpha value is -2.10. The number of benzene rings is 1. The number of hydrogen-bond donors (Lipinski definition) is 0. The van der Waals surface area contributed by atoms with Gasteiger partial charge in [-0.1, -0.05) is 23.4 Å². The van der Waals surface area contributed by atoms with Crippen molar-refractivity contribution in [1.29, 1.82) is 0 Å². The summed E-state index contributed by atoms with van der Waals surface area (Å²) in [6.45, 7) is 1.96. The van der Waals surface area contributed by atoms with Crippen LogP contribution >= 0.6 is 0 Å². The van der Waals surface area contributed by atoms with Gasteiger partial charge in [-0.05, 0) is 13.0 Å². The summed E-state index contributed by atoms with van der Waals surface area (Å²) >= 11 is 0. The highest BCUT2D eigenvalue weighted by atomic mass is 16.7. The Kier molecular flexibility index (Phi) is 1.99. The minimum absolute atomic E-state index is 0.214. The van der Waals surface area contributed by atoms with Gasteiger partial charge in [-0.25, -0.2) is 0 Å². The van der Waals surface area contributed by atoms with Gasteiger partial charge in [0.25, 0.3) is 5.52 Å². The van der Waals surface area contributed by atoms with Crippen molar-refractivity contribution in [2.75, 3.05) is 0 Å². The van der Waals surface area contributed by atoms with Gasteiger partial charge in [-0.15, -0.1) is 4.57 Å². The molecule has 0 amide bonds. The lowest BCUT2D eigenvalue weighted by atomic mass is 10.2. The van der Waals surface area contributed by atoms with Gasteiger partial charge < -0.3 is 9.25 Å². The number of hydrogen-bond acceptors (Lipinski definition) is 3. The standard InChI is InChI=1S/C12H11N2O2/c1-2-9-7-13-16-12(9)14-8-15-11-6-4-3-5-10(11)14/h2-8,12H,1H3/q+1. The molecule has 0 bridgehead atoms. The van der Waals surface area contributed by atoms with Crippen LogP contribution in [0.25, 0.3) is 11.1 Å². The molecule has 0 spiro atoms. The monoisotopic (exact) mass is 215 g/mol. The Morgan fingerprint density at radius 3 is 3.12 bits per heavy atom. The van der Waals surface area contributed by atoms with Crippen molar-refractivity contribution >= 4 is 17.3 Å². The third-order valence-corrected chi connectivity index (χ3v) is 2.67. The van der Waals surface area contributed by atoms with E-state index in [4.69, 9.17) is 9.25 Å². The molecule has 1 unspecified atom stereocenters. The largest absolute Gasteiger partial charge is 0.404 e. The van der Waals surface area contributed by atoms with E-state index in [0.29, 0.717) is 0 Å². The minimum atomic E-state index is -0.214.